The minimum absolute atomic E-state index is 0.298. The molecule has 0 aliphatic heterocycles. The van der Waals surface area contributed by atoms with Crippen LogP contribution in [0.25, 0.3) is 0 Å². The van der Waals surface area contributed by atoms with Gasteiger partial charge in [0.05, 0.1) is 11.7 Å². The SMILES string of the molecule is O=C(O)c1cc(C2CCCCC2)nn1C1CCCCC1. The average Bonchev–Trinajstić information content (AvgIpc) is 2.94. The van der Waals surface area contributed by atoms with Gasteiger partial charge < -0.3 is 5.11 Å². The number of carboxylic acids is 1. The topological polar surface area (TPSA) is 55.1 Å². The first-order valence-corrected chi connectivity index (χ1v) is 8.08. The van der Waals surface area contributed by atoms with E-state index in [9.17, 15) is 9.90 Å². The highest BCUT2D eigenvalue weighted by Crippen LogP contribution is 2.34. The molecule has 1 heterocycles. The Balaban J connectivity index is 1.87. The summed E-state index contributed by atoms with van der Waals surface area (Å²) in [7, 11) is 0. The number of aromatic carboxylic acids is 1. The lowest BCUT2D eigenvalue weighted by molar-refractivity contribution is 0.0678. The molecule has 0 radical (unpaired) electrons. The second kappa shape index (κ2) is 5.98. The van der Waals surface area contributed by atoms with Gasteiger partial charge in [-0.3, -0.25) is 4.68 Å². The van der Waals surface area contributed by atoms with Crippen LogP contribution >= 0.6 is 0 Å². The minimum atomic E-state index is -0.829. The zero-order valence-electron chi connectivity index (χ0n) is 12.1. The van der Waals surface area contributed by atoms with E-state index in [1.807, 2.05) is 10.7 Å². The van der Waals surface area contributed by atoms with Crippen molar-refractivity contribution in [3.05, 3.63) is 17.5 Å². The molecular weight excluding hydrogens is 252 g/mol. The highest BCUT2D eigenvalue weighted by molar-refractivity contribution is 5.85. The standard InChI is InChI=1S/C16H24N2O2/c19-16(20)15-11-14(12-7-3-1-4-8-12)17-18(15)13-9-5-2-6-10-13/h11-13H,1-10H2,(H,19,20). The third kappa shape index (κ3) is 2.74. The fourth-order valence-corrected chi connectivity index (χ4v) is 3.77. The molecule has 1 aromatic rings. The third-order valence-corrected chi connectivity index (χ3v) is 4.92. The summed E-state index contributed by atoms with van der Waals surface area (Å²) < 4.78 is 1.82. The van der Waals surface area contributed by atoms with Crippen LogP contribution < -0.4 is 0 Å². The van der Waals surface area contributed by atoms with Crippen LogP contribution in [-0.2, 0) is 0 Å². The van der Waals surface area contributed by atoms with Crippen LogP contribution in [0.3, 0.4) is 0 Å². The Bertz CT molecular complexity index is 469. The van der Waals surface area contributed by atoms with Gasteiger partial charge in [0.25, 0.3) is 0 Å². The molecule has 1 aromatic heterocycles. The Kier molecular flexibility index (Phi) is 4.08. The lowest BCUT2D eigenvalue weighted by Gasteiger charge is -2.23. The molecule has 2 aliphatic carbocycles. The number of aromatic nitrogens is 2. The van der Waals surface area contributed by atoms with E-state index < -0.39 is 5.97 Å². The molecule has 2 fully saturated rings. The van der Waals surface area contributed by atoms with E-state index in [0.717, 1.165) is 18.5 Å². The van der Waals surface area contributed by atoms with Crippen molar-refractivity contribution in [1.29, 1.82) is 0 Å². The maximum atomic E-state index is 11.5. The van der Waals surface area contributed by atoms with Gasteiger partial charge in [-0.05, 0) is 31.7 Å². The summed E-state index contributed by atoms with van der Waals surface area (Å²) in [5.74, 6) is -0.350. The van der Waals surface area contributed by atoms with Gasteiger partial charge in [-0.1, -0.05) is 38.5 Å². The van der Waals surface area contributed by atoms with Gasteiger partial charge >= 0.3 is 5.97 Å². The van der Waals surface area contributed by atoms with Gasteiger partial charge in [-0.2, -0.15) is 5.10 Å². The maximum Gasteiger partial charge on any atom is 0.354 e. The maximum absolute atomic E-state index is 11.5. The van der Waals surface area contributed by atoms with E-state index >= 15 is 0 Å². The second-order valence-electron chi connectivity index (χ2n) is 6.33. The molecule has 0 spiro atoms. The van der Waals surface area contributed by atoms with Crippen molar-refractivity contribution in [1.82, 2.24) is 9.78 Å². The molecule has 0 unspecified atom stereocenters. The molecule has 0 bridgehead atoms. The van der Waals surface area contributed by atoms with E-state index in [1.165, 1.54) is 51.4 Å². The smallest absolute Gasteiger partial charge is 0.354 e. The molecule has 0 amide bonds. The molecule has 110 valence electrons. The van der Waals surface area contributed by atoms with Crippen LogP contribution in [0.4, 0.5) is 0 Å². The van der Waals surface area contributed by atoms with E-state index in [2.05, 4.69) is 0 Å². The first kappa shape index (κ1) is 13.7. The fourth-order valence-electron chi connectivity index (χ4n) is 3.77. The Morgan fingerprint density at radius 3 is 2.25 bits per heavy atom. The Labute approximate surface area is 120 Å². The summed E-state index contributed by atoms with van der Waals surface area (Å²) in [6.45, 7) is 0. The number of hydrogen-bond acceptors (Lipinski definition) is 2. The zero-order valence-corrected chi connectivity index (χ0v) is 12.1. The minimum Gasteiger partial charge on any atom is -0.477 e. The van der Waals surface area contributed by atoms with Crippen LogP contribution in [0.1, 0.15) is 92.4 Å². The van der Waals surface area contributed by atoms with Crippen molar-refractivity contribution in [2.75, 3.05) is 0 Å². The molecule has 2 aliphatic rings. The lowest BCUT2D eigenvalue weighted by Crippen LogP contribution is -2.19. The fraction of sp³-hybridized carbons (Fsp3) is 0.750. The number of carbonyl (C=O) groups is 1. The molecule has 0 saturated heterocycles. The van der Waals surface area contributed by atoms with Gasteiger partial charge in [-0.25, -0.2) is 4.79 Å². The second-order valence-corrected chi connectivity index (χ2v) is 6.33. The highest BCUT2D eigenvalue weighted by atomic mass is 16.4. The monoisotopic (exact) mass is 276 g/mol. The quantitative estimate of drug-likeness (QED) is 0.903. The van der Waals surface area contributed by atoms with Gasteiger partial charge in [-0.15, -0.1) is 0 Å². The molecule has 2 saturated carbocycles. The lowest BCUT2D eigenvalue weighted by atomic mass is 9.87. The van der Waals surface area contributed by atoms with E-state index in [1.54, 1.807) is 0 Å². The number of nitrogens with zero attached hydrogens (tertiary/aromatic N) is 2. The average molecular weight is 276 g/mol. The summed E-state index contributed by atoms with van der Waals surface area (Å²) in [5, 5.41) is 14.2. The molecular formula is C16H24N2O2. The van der Waals surface area contributed by atoms with Gasteiger partial charge in [0.2, 0.25) is 0 Å². The van der Waals surface area contributed by atoms with Crippen molar-refractivity contribution in [3.8, 4) is 0 Å². The predicted octanol–water partition coefficient (Wildman–Crippen LogP) is 4.13. The summed E-state index contributed by atoms with van der Waals surface area (Å²) in [5.41, 5.74) is 1.42. The Morgan fingerprint density at radius 2 is 1.65 bits per heavy atom. The number of carboxylic acid groups (broad SMARTS) is 1. The molecule has 0 atom stereocenters. The Morgan fingerprint density at radius 1 is 1.05 bits per heavy atom. The van der Waals surface area contributed by atoms with Gasteiger partial charge in [0, 0.05) is 5.92 Å². The normalized spacial score (nSPS) is 22.0. The largest absolute Gasteiger partial charge is 0.477 e. The third-order valence-electron chi connectivity index (χ3n) is 4.92. The molecule has 20 heavy (non-hydrogen) atoms. The summed E-state index contributed by atoms with van der Waals surface area (Å²) in [6, 6.07) is 2.14. The van der Waals surface area contributed by atoms with Crippen LogP contribution in [0, 0.1) is 0 Å². The van der Waals surface area contributed by atoms with Crippen LogP contribution in [-0.4, -0.2) is 20.9 Å². The van der Waals surface area contributed by atoms with Crippen molar-refractivity contribution in [2.45, 2.75) is 76.2 Å². The molecule has 0 aromatic carbocycles. The molecule has 4 heteroatoms. The number of hydrogen-bond donors (Lipinski definition) is 1. The predicted molar refractivity (Wildman–Crippen MR) is 77.1 cm³/mol. The van der Waals surface area contributed by atoms with Crippen molar-refractivity contribution in [3.63, 3.8) is 0 Å². The number of rotatable bonds is 3. The summed E-state index contributed by atoms with van der Waals surface area (Å²) in [6.07, 6.45) is 12.0. The van der Waals surface area contributed by atoms with Crippen LogP contribution in [0.15, 0.2) is 6.07 Å². The summed E-state index contributed by atoms with van der Waals surface area (Å²) >= 11 is 0. The zero-order chi connectivity index (χ0) is 13.9. The Hall–Kier alpha value is -1.32. The molecule has 1 N–H and O–H groups in total. The van der Waals surface area contributed by atoms with Crippen molar-refractivity contribution >= 4 is 5.97 Å². The van der Waals surface area contributed by atoms with Crippen LogP contribution in [0.2, 0.25) is 0 Å². The van der Waals surface area contributed by atoms with Gasteiger partial charge in [0.15, 0.2) is 0 Å². The highest BCUT2D eigenvalue weighted by Gasteiger charge is 2.26. The van der Waals surface area contributed by atoms with Gasteiger partial charge in [0.1, 0.15) is 5.69 Å². The first-order valence-electron chi connectivity index (χ1n) is 8.08. The van der Waals surface area contributed by atoms with E-state index in [-0.39, 0.29) is 0 Å². The first-order chi connectivity index (χ1) is 9.75. The van der Waals surface area contributed by atoms with Crippen LogP contribution in [0.5, 0.6) is 0 Å². The van der Waals surface area contributed by atoms with Crippen molar-refractivity contribution < 1.29 is 9.90 Å². The molecule has 4 nitrogen and oxygen atoms in total. The van der Waals surface area contributed by atoms with E-state index in [4.69, 9.17) is 5.10 Å². The van der Waals surface area contributed by atoms with Crippen molar-refractivity contribution in [2.24, 2.45) is 0 Å². The summed E-state index contributed by atoms with van der Waals surface area (Å²) in [4.78, 5) is 11.5. The van der Waals surface area contributed by atoms with E-state index in [0.29, 0.717) is 17.7 Å². The molecule has 3 rings (SSSR count).